The number of hydrogen-bond donors (Lipinski definition) is 0. The third-order valence-electron chi connectivity index (χ3n) is 2.20. The smallest absolute Gasteiger partial charge is 0.253 e. The molecule has 0 bridgehead atoms. The summed E-state index contributed by atoms with van der Waals surface area (Å²) in [6, 6.07) is -0.185. The summed E-state index contributed by atoms with van der Waals surface area (Å²) in [7, 11) is 0. The summed E-state index contributed by atoms with van der Waals surface area (Å²) in [5, 5.41) is 0. The van der Waals surface area contributed by atoms with Crippen LogP contribution in [0.15, 0.2) is 16.7 Å². The van der Waals surface area contributed by atoms with E-state index in [1.54, 1.807) is 0 Å². The van der Waals surface area contributed by atoms with E-state index >= 15 is 0 Å². The zero-order valence-corrected chi connectivity index (χ0v) is 10.8. The van der Waals surface area contributed by atoms with E-state index < -0.39 is 39.9 Å². The maximum atomic E-state index is 13.1. The summed E-state index contributed by atoms with van der Waals surface area (Å²) in [6.45, 7) is 0. The molecule has 0 atom stereocenters. The molecule has 0 N–H and O–H groups in total. The molecule has 0 saturated heterocycles. The first-order valence-corrected chi connectivity index (χ1v) is 5.47. The van der Waals surface area contributed by atoms with Crippen molar-refractivity contribution in [2.75, 3.05) is 0 Å². The third kappa shape index (κ3) is 3.09. The van der Waals surface area contributed by atoms with Crippen LogP contribution in [0.1, 0.15) is 11.3 Å². The molecule has 1 nitrogen and oxygen atoms in total. The number of hydrogen-bond acceptors (Lipinski definition) is 1. The summed E-state index contributed by atoms with van der Waals surface area (Å²) < 4.78 is 125. The van der Waals surface area contributed by atoms with E-state index in [0.717, 1.165) is 0 Å². The van der Waals surface area contributed by atoms with Gasteiger partial charge in [-0.1, -0.05) is 0 Å². The van der Waals surface area contributed by atoms with E-state index in [4.69, 9.17) is 0 Å². The molecule has 0 fully saturated rings. The largest absolute Gasteiger partial charge is 0.459 e. The van der Waals surface area contributed by atoms with Crippen molar-refractivity contribution >= 4 is 15.9 Å². The highest BCUT2D eigenvalue weighted by Crippen LogP contribution is 2.51. The Morgan fingerprint density at radius 2 is 1.19 bits per heavy atom. The summed E-state index contributed by atoms with van der Waals surface area (Å²) in [6.07, 6.45) is -12.5. The first-order valence-electron chi connectivity index (χ1n) is 4.68. The topological polar surface area (TPSA) is 12.9 Å². The quantitative estimate of drug-likeness (QED) is 0.633. The van der Waals surface area contributed by atoms with E-state index in [9.17, 15) is 43.9 Å². The van der Waals surface area contributed by atoms with Gasteiger partial charge in [0.2, 0.25) is 0 Å². The van der Waals surface area contributed by atoms with Gasteiger partial charge in [0, 0.05) is 10.7 Å². The minimum absolute atomic E-state index is 0.185. The van der Waals surface area contributed by atoms with Gasteiger partial charge in [-0.25, -0.2) is 0 Å². The van der Waals surface area contributed by atoms with Crippen LogP contribution >= 0.6 is 15.9 Å². The zero-order valence-electron chi connectivity index (χ0n) is 9.26. The lowest BCUT2D eigenvalue weighted by Gasteiger charge is -2.26. The van der Waals surface area contributed by atoms with Crippen LogP contribution in [0.4, 0.5) is 43.9 Å². The Hall–Kier alpha value is -1.07. The normalized spacial score (nSPS) is 14.4. The minimum atomic E-state index is -6.38. The molecule has 0 aliphatic rings. The molecule has 0 amide bonds. The second-order valence-corrected chi connectivity index (χ2v) is 4.61. The molecular weight excluding hydrogens is 392 g/mol. The summed E-state index contributed by atoms with van der Waals surface area (Å²) in [4.78, 5) is 2.40. The Bertz CT molecular complexity index is 532. The van der Waals surface area contributed by atoms with Gasteiger partial charge in [0.05, 0.1) is 5.56 Å². The number of halogens is 11. The second kappa shape index (κ2) is 4.99. The van der Waals surface area contributed by atoms with Crippen molar-refractivity contribution in [2.45, 2.75) is 24.2 Å². The van der Waals surface area contributed by atoms with E-state index in [1.807, 2.05) is 0 Å². The number of nitrogens with zero attached hydrogens (tertiary/aromatic N) is 1. The van der Waals surface area contributed by atoms with Crippen molar-refractivity contribution in [3.8, 4) is 0 Å². The fourth-order valence-electron chi connectivity index (χ4n) is 1.22. The van der Waals surface area contributed by atoms with Gasteiger partial charge in [0.1, 0.15) is 5.69 Å². The van der Waals surface area contributed by atoms with Crippen LogP contribution in [-0.2, 0) is 11.8 Å². The fraction of sp³-hybridized carbons (Fsp3) is 0.444. The van der Waals surface area contributed by atoms with Crippen molar-refractivity contribution in [1.29, 1.82) is 0 Å². The summed E-state index contributed by atoms with van der Waals surface area (Å²) in [5.41, 5.74) is -5.28. The van der Waals surface area contributed by atoms with Crippen molar-refractivity contribution in [1.82, 2.24) is 4.98 Å². The van der Waals surface area contributed by atoms with E-state index in [1.165, 1.54) is 0 Å². The first kappa shape index (κ1) is 18.0. The zero-order chi connectivity index (χ0) is 16.9. The van der Waals surface area contributed by atoms with E-state index in [-0.39, 0.29) is 12.3 Å². The molecule has 0 radical (unpaired) electrons. The molecule has 0 aliphatic carbocycles. The van der Waals surface area contributed by atoms with Crippen LogP contribution in [0.3, 0.4) is 0 Å². The summed E-state index contributed by atoms with van der Waals surface area (Å²) >= 11 is 2.38. The average Bonchev–Trinajstić information content (AvgIpc) is 2.25. The molecule has 0 spiro atoms. The maximum Gasteiger partial charge on any atom is 0.459 e. The van der Waals surface area contributed by atoms with Gasteiger partial charge >= 0.3 is 24.2 Å². The molecule has 0 unspecified atom stereocenters. The van der Waals surface area contributed by atoms with Gasteiger partial charge in [0.15, 0.2) is 0 Å². The lowest BCUT2D eigenvalue weighted by Crippen LogP contribution is -2.41. The van der Waals surface area contributed by atoms with Crippen LogP contribution in [0, 0.1) is 0 Å². The predicted octanol–water partition coefficient (Wildman–Crippen LogP) is 5.15. The Labute approximate surface area is 118 Å². The average molecular weight is 394 g/mol. The molecule has 0 aromatic carbocycles. The highest BCUT2D eigenvalue weighted by Gasteiger charge is 2.66. The molecule has 1 rings (SSSR count). The van der Waals surface area contributed by atoms with Crippen molar-refractivity contribution in [2.24, 2.45) is 0 Å². The lowest BCUT2D eigenvalue weighted by molar-refractivity contribution is -0.303. The number of pyridine rings is 1. The Balaban J connectivity index is 3.66. The number of rotatable bonds is 2. The lowest BCUT2D eigenvalue weighted by atomic mass is 10.0. The number of aromatic nitrogens is 1. The minimum Gasteiger partial charge on any atom is -0.253 e. The first-order chi connectivity index (χ1) is 9.12. The molecule has 0 saturated carbocycles. The molecule has 1 aromatic heterocycles. The van der Waals surface area contributed by atoms with Crippen molar-refractivity contribution in [3.05, 3.63) is 28.0 Å². The Kier molecular flexibility index (Phi) is 4.27. The molecule has 1 heterocycles. The molecule has 0 aliphatic heterocycles. The van der Waals surface area contributed by atoms with Gasteiger partial charge in [-0.2, -0.15) is 43.9 Å². The van der Waals surface area contributed by atoms with E-state index in [0.29, 0.717) is 0 Å². The molecule has 21 heavy (non-hydrogen) atoms. The van der Waals surface area contributed by atoms with E-state index in [2.05, 4.69) is 20.9 Å². The van der Waals surface area contributed by atoms with Gasteiger partial charge in [-0.15, -0.1) is 0 Å². The third-order valence-corrected chi connectivity index (χ3v) is 2.64. The SMILES string of the molecule is FC(F)(F)C(F)(F)c1cc(Br)cnc1C(F)(F)C(F)(F)F. The standard InChI is InChI=1S/C9H2BrF10N/c10-3-1-4(6(11,12)8(15,16)17)5(21-2-3)7(13,14)9(18,19)20/h1-2H. The second-order valence-electron chi connectivity index (χ2n) is 3.69. The van der Waals surface area contributed by atoms with Gasteiger partial charge in [-0.05, 0) is 22.0 Å². The number of alkyl halides is 10. The van der Waals surface area contributed by atoms with Crippen molar-refractivity contribution in [3.63, 3.8) is 0 Å². The Morgan fingerprint density at radius 3 is 1.57 bits per heavy atom. The van der Waals surface area contributed by atoms with Crippen LogP contribution < -0.4 is 0 Å². The summed E-state index contributed by atoms with van der Waals surface area (Å²) in [5.74, 6) is -11.9. The maximum absolute atomic E-state index is 13.1. The van der Waals surface area contributed by atoms with Crippen LogP contribution in [0.5, 0.6) is 0 Å². The fourth-order valence-corrected chi connectivity index (χ4v) is 1.55. The highest BCUT2D eigenvalue weighted by atomic mass is 79.9. The van der Waals surface area contributed by atoms with Crippen molar-refractivity contribution < 1.29 is 43.9 Å². The predicted molar refractivity (Wildman–Crippen MR) is 51.8 cm³/mol. The molecular formula is C9H2BrF10N. The van der Waals surface area contributed by atoms with Gasteiger partial charge in [0.25, 0.3) is 0 Å². The molecule has 1 aromatic rings. The molecule has 120 valence electrons. The van der Waals surface area contributed by atoms with Crippen LogP contribution in [0.25, 0.3) is 0 Å². The van der Waals surface area contributed by atoms with Crippen LogP contribution in [-0.4, -0.2) is 17.3 Å². The molecule has 12 heteroatoms. The van der Waals surface area contributed by atoms with Crippen LogP contribution in [0.2, 0.25) is 0 Å². The van der Waals surface area contributed by atoms with Gasteiger partial charge in [-0.3, -0.25) is 4.98 Å². The monoisotopic (exact) mass is 393 g/mol. The highest BCUT2D eigenvalue weighted by molar-refractivity contribution is 9.10. The Morgan fingerprint density at radius 1 is 0.762 bits per heavy atom. The van der Waals surface area contributed by atoms with Gasteiger partial charge < -0.3 is 0 Å².